The number of hydrogen-bond acceptors (Lipinski definition) is 1. The molecule has 0 aromatic heterocycles. The largest absolute Gasteiger partial charge is 0.319 e. The summed E-state index contributed by atoms with van der Waals surface area (Å²) in [6.07, 6.45) is 7.34. The van der Waals surface area contributed by atoms with Crippen LogP contribution < -0.4 is 5.32 Å². The minimum atomic E-state index is 0.665. The summed E-state index contributed by atoms with van der Waals surface area (Å²) >= 11 is 0. The Bertz CT molecular complexity index is 189. The fourth-order valence-electron chi connectivity index (χ4n) is 3.75. The first-order chi connectivity index (χ1) is 6.72. The fourth-order valence-corrected chi connectivity index (χ4v) is 3.75. The quantitative estimate of drug-likeness (QED) is 0.711. The molecule has 0 aliphatic heterocycles. The Hall–Kier alpha value is -0.0400. The van der Waals surface area contributed by atoms with E-state index in [1.807, 2.05) is 0 Å². The van der Waals surface area contributed by atoms with Gasteiger partial charge in [0, 0.05) is 6.54 Å². The molecule has 0 aromatic carbocycles. The molecule has 0 aromatic rings. The summed E-state index contributed by atoms with van der Waals surface area (Å²) in [5.41, 5.74) is 0.665. The maximum absolute atomic E-state index is 3.43. The topological polar surface area (TPSA) is 12.0 Å². The Morgan fingerprint density at radius 1 is 1.36 bits per heavy atom. The lowest BCUT2D eigenvalue weighted by atomic mass is 9.71. The molecule has 2 saturated carbocycles. The first-order valence-electron chi connectivity index (χ1n) is 6.36. The molecule has 0 saturated heterocycles. The lowest BCUT2D eigenvalue weighted by Crippen LogP contribution is -2.37. The number of rotatable bonds is 5. The van der Waals surface area contributed by atoms with Crippen LogP contribution in [0.15, 0.2) is 0 Å². The van der Waals surface area contributed by atoms with Gasteiger partial charge in [-0.15, -0.1) is 0 Å². The van der Waals surface area contributed by atoms with Crippen LogP contribution in [0.5, 0.6) is 0 Å². The van der Waals surface area contributed by atoms with Gasteiger partial charge in [0.05, 0.1) is 0 Å². The fraction of sp³-hybridized carbons (Fsp3) is 1.00. The predicted molar refractivity (Wildman–Crippen MR) is 61.3 cm³/mol. The van der Waals surface area contributed by atoms with E-state index in [1.54, 1.807) is 6.42 Å². The minimum Gasteiger partial charge on any atom is -0.319 e. The van der Waals surface area contributed by atoms with E-state index in [4.69, 9.17) is 0 Å². The first-order valence-corrected chi connectivity index (χ1v) is 6.36. The van der Waals surface area contributed by atoms with Crippen molar-refractivity contribution in [3.8, 4) is 0 Å². The average molecular weight is 195 g/mol. The van der Waals surface area contributed by atoms with Gasteiger partial charge in [-0.3, -0.25) is 0 Å². The van der Waals surface area contributed by atoms with E-state index in [-0.39, 0.29) is 0 Å². The van der Waals surface area contributed by atoms with Crippen LogP contribution in [0, 0.1) is 23.2 Å². The van der Waals surface area contributed by atoms with Gasteiger partial charge in [-0.1, -0.05) is 26.7 Å². The van der Waals surface area contributed by atoms with E-state index < -0.39 is 0 Å². The molecule has 2 aliphatic rings. The molecule has 0 radical (unpaired) electrons. The Labute approximate surface area is 88.7 Å². The molecule has 2 aliphatic carbocycles. The van der Waals surface area contributed by atoms with Crippen LogP contribution in [-0.4, -0.2) is 13.6 Å². The second-order valence-corrected chi connectivity index (χ2v) is 5.75. The SMILES string of the molecule is CCCC(C)C1(CNC)CC2CC2C1. The van der Waals surface area contributed by atoms with Gasteiger partial charge >= 0.3 is 0 Å². The lowest BCUT2D eigenvalue weighted by Gasteiger charge is -2.37. The monoisotopic (exact) mass is 195 g/mol. The molecule has 0 bridgehead atoms. The van der Waals surface area contributed by atoms with Crippen molar-refractivity contribution in [2.45, 2.75) is 46.0 Å². The van der Waals surface area contributed by atoms with Crippen molar-refractivity contribution in [3.63, 3.8) is 0 Å². The summed E-state index contributed by atoms with van der Waals surface area (Å²) in [6.45, 7) is 6.05. The van der Waals surface area contributed by atoms with Gasteiger partial charge in [0.2, 0.25) is 0 Å². The van der Waals surface area contributed by atoms with Crippen LogP contribution >= 0.6 is 0 Å². The maximum Gasteiger partial charge on any atom is 0.000757 e. The van der Waals surface area contributed by atoms with Gasteiger partial charge in [-0.2, -0.15) is 0 Å². The minimum absolute atomic E-state index is 0.665. The molecule has 3 atom stereocenters. The number of nitrogens with one attached hydrogen (secondary N) is 1. The van der Waals surface area contributed by atoms with Crippen LogP contribution in [0.4, 0.5) is 0 Å². The van der Waals surface area contributed by atoms with Crippen LogP contribution in [0.25, 0.3) is 0 Å². The molecule has 1 N–H and O–H groups in total. The molecule has 0 heterocycles. The highest BCUT2D eigenvalue weighted by molar-refractivity contribution is 5.05. The van der Waals surface area contributed by atoms with Gasteiger partial charge in [0.25, 0.3) is 0 Å². The third-order valence-electron chi connectivity index (χ3n) is 4.70. The summed E-state index contributed by atoms with van der Waals surface area (Å²) in [5, 5.41) is 3.43. The zero-order valence-electron chi connectivity index (χ0n) is 9.97. The highest BCUT2D eigenvalue weighted by Crippen LogP contribution is 2.62. The van der Waals surface area contributed by atoms with E-state index in [0.29, 0.717) is 5.41 Å². The van der Waals surface area contributed by atoms with E-state index in [2.05, 4.69) is 26.2 Å². The Balaban J connectivity index is 1.99. The zero-order valence-corrected chi connectivity index (χ0v) is 9.97. The standard InChI is InChI=1S/C13H25N/c1-4-5-10(2)13(9-14-3)7-11-6-12(11)8-13/h10-12,14H,4-9H2,1-3H3. The molecule has 2 fully saturated rings. The third kappa shape index (κ3) is 1.71. The van der Waals surface area contributed by atoms with Gasteiger partial charge in [0.1, 0.15) is 0 Å². The smallest absolute Gasteiger partial charge is 0.000757 e. The summed E-state index contributed by atoms with van der Waals surface area (Å²) in [5.74, 6) is 3.15. The van der Waals surface area contributed by atoms with Crippen molar-refractivity contribution in [1.29, 1.82) is 0 Å². The molecule has 0 amide bonds. The van der Waals surface area contributed by atoms with Gasteiger partial charge in [-0.05, 0) is 49.5 Å². The van der Waals surface area contributed by atoms with Gasteiger partial charge in [-0.25, -0.2) is 0 Å². The van der Waals surface area contributed by atoms with Crippen LogP contribution in [0.3, 0.4) is 0 Å². The van der Waals surface area contributed by atoms with Crippen molar-refractivity contribution in [2.24, 2.45) is 23.2 Å². The molecule has 82 valence electrons. The number of fused-ring (bicyclic) bond motifs is 1. The Kier molecular flexibility index (Phi) is 2.88. The van der Waals surface area contributed by atoms with Crippen LogP contribution in [0.1, 0.15) is 46.0 Å². The molecule has 2 rings (SSSR count). The summed E-state index contributed by atoms with van der Waals surface area (Å²) in [7, 11) is 2.12. The molecular formula is C13H25N. The van der Waals surface area contributed by atoms with Gasteiger partial charge in [0.15, 0.2) is 0 Å². The normalized spacial score (nSPS) is 42.2. The summed E-state index contributed by atoms with van der Waals surface area (Å²) in [4.78, 5) is 0. The van der Waals surface area contributed by atoms with E-state index in [0.717, 1.165) is 17.8 Å². The lowest BCUT2D eigenvalue weighted by molar-refractivity contribution is 0.148. The Morgan fingerprint density at radius 2 is 2.00 bits per heavy atom. The van der Waals surface area contributed by atoms with E-state index in [1.165, 1.54) is 32.2 Å². The van der Waals surface area contributed by atoms with Crippen molar-refractivity contribution in [2.75, 3.05) is 13.6 Å². The van der Waals surface area contributed by atoms with Crippen LogP contribution in [0.2, 0.25) is 0 Å². The molecule has 1 heteroatoms. The van der Waals surface area contributed by atoms with Gasteiger partial charge < -0.3 is 5.32 Å². The van der Waals surface area contributed by atoms with Crippen molar-refractivity contribution in [3.05, 3.63) is 0 Å². The van der Waals surface area contributed by atoms with Crippen molar-refractivity contribution < 1.29 is 0 Å². The molecular weight excluding hydrogens is 170 g/mol. The highest BCUT2D eigenvalue weighted by Gasteiger charge is 2.54. The summed E-state index contributed by atoms with van der Waals surface area (Å²) in [6, 6.07) is 0. The third-order valence-corrected chi connectivity index (χ3v) is 4.70. The summed E-state index contributed by atoms with van der Waals surface area (Å²) < 4.78 is 0. The second-order valence-electron chi connectivity index (χ2n) is 5.75. The first kappa shape index (κ1) is 10.5. The zero-order chi connectivity index (χ0) is 10.2. The van der Waals surface area contributed by atoms with Crippen molar-refractivity contribution in [1.82, 2.24) is 5.32 Å². The average Bonchev–Trinajstić information content (AvgIpc) is 2.76. The molecule has 3 unspecified atom stereocenters. The molecule has 1 nitrogen and oxygen atoms in total. The maximum atomic E-state index is 3.43. The highest BCUT2D eigenvalue weighted by atomic mass is 14.8. The molecule has 0 spiro atoms. The van der Waals surface area contributed by atoms with E-state index >= 15 is 0 Å². The van der Waals surface area contributed by atoms with Crippen molar-refractivity contribution >= 4 is 0 Å². The van der Waals surface area contributed by atoms with E-state index in [9.17, 15) is 0 Å². The Morgan fingerprint density at radius 3 is 2.50 bits per heavy atom. The second kappa shape index (κ2) is 3.84. The molecule has 14 heavy (non-hydrogen) atoms. The number of hydrogen-bond donors (Lipinski definition) is 1. The predicted octanol–water partition coefficient (Wildman–Crippen LogP) is 3.06. The van der Waals surface area contributed by atoms with Crippen LogP contribution in [-0.2, 0) is 0 Å².